The van der Waals surface area contributed by atoms with Crippen LogP contribution < -0.4 is 10.5 Å². The predicted molar refractivity (Wildman–Crippen MR) is 79.1 cm³/mol. The van der Waals surface area contributed by atoms with Gasteiger partial charge in [0.05, 0.1) is 11.1 Å². The molecule has 2 unspecified atom stereocenters. The number of rotatable bonds is 4. The van der Waals surface area contributed by atoms with Gasteiger partial charge in [0, 0.05) is 12.2 Å². The Labute approximate surface area is 124 Å². The molecule has 1 aliphatic rings. The number of nitrogens with one attached hydrogen (secondary N) is 1. The number of nitrogen functional groups attached to an aromatic ring is 1. The van der Waals surface area contributed by atoms with Crippen LogP contribution in [-0.2, 0) is 10.0 Å². The summed E-state index contributed by atoms with van der Waals surface area (Å²) >= 11 is 5.99. The summed E-state index contributed by atoms with van der Waals surface area (Å²) in [5.41, 5.74) is 6.88. The van der Waals surface area contributed by atoms with Crippen molar-refractivity contribution in [1.29, 1.82) is 0 Å². The lowest BCUT2D eigenvalue weighted by Gasteiger charge is -2.13. The zero-order valence-electron chi connectivity index (χ0n) is 11.3. The number of nitrogens with two attached hydrogens (primary N) is 1. The van der Waals surface area contributed by atoms with Gasteiger partial charge < -0.3 is 10.8 Å². The van der Waals surface area contributed by atoms with Gasteiger partial charge in [-0.1, -0.05) is 11.6 Å². The maximum atomic E-state index is 12.2. The van der Waals surface area contributed by atoms with Crippen molar-refractivity contribution in [2.75, 3.05) is 12.3 Å². The Hall–Kier alpha value is -0.820. The summed E-state index contributed by atoms with van der Waals surface area (Å²) in [5, 5.41) is 9.60. The van der Waals surface area contributed by atoms with Gasteiger partial charge in [-0.15, -0.1) is 0 Å². The highest BCUT2D eigenvalue weighted by Crippen LogP contribution is 2.28. The van der Waals surface area contributed by atoms with Crippen molar-refractivity contribution >= 4 is 27.3 Å². The van der Waals surface area contributed by atoms with Gasteiger partial charge in [0.25, 0.3) is 0 Å². The SMILES string of the molecule is Cc1cc(Cl)c(S(=O)(=O)NCC2CCC(O)C2)cc1N. The van der Waals surface area contributed by atoms with Crippen LogP contribution in [0.25, 0.3) is 0 Å². The van der Waals surface area contributed by atoms with Crippen molar-refractivity contribution in [3.8, 4) is 0 Å². The minimum absolute atomic E-state index is 0.000752. The average Bonchev–Trinajstić information content (AvgIpc) is 2.77. The molecular formula is C13H19ClN2O3S. The fourth-order valence-electron chi connectivity index (χ4n) is 2.41. The molecule has 7 heteroatoms. The maximum Gasteiger partial charge on any atom is 0.242 e. The lowest BCUT2D eigenvalue weighted by molar-refractivity contribution is 0.178. The number of aliphatic hydroxyl groups excluding tert-OH is 1. The number of hydrogen-bond donors (Lipinski definition) is 3. The van der Waals surface area contributed by atoms with Gasteiger partial charge in [-0.05, 0) is 49.8 Å². The molecule has 0 aliphatic heterocycles. The molecule has 0 amide bonds. The molecule has 0 saturated heterocycles. The molecule has 0 radical (unpaired) electrons. The van der Waals surface area contributed by atoms with Crippen LogP contribution in [0.2, 0.25) is 5.02 Å². The second kappa shape index (κ2) is 5.89. The van der Waals surface area contributed by atoms with Crippen LogP contribution in [0, 0.1) is 12.8 Å². The Bertz CT molecular complexity index is 604. The summed E-state index contributed by atoms with van der Waals surface area (Å²) in [7, 11) is -3.68. The highest BCUT2D eigenvalue weighted by Gasteiger charge is 2.25. The Balaban J connectivity index is 2.12. The van der Waals surface area contributed by atoms with E-state index in [9.17, 15) is 13.5 Å². The van der Waals surface area contributed by atoms with E-state index in [2.05, 4.69) is 4.72 Å². The fourth-order valence-corrected chi connectivity index (χ4v) is 4.15. The number of aliphatic hydroxyl groups is 1. The van der Waals surface area contributed by atoms with Crippen molar-refractivity contribution in [3.63, 3.8) is 0 Å². The molecule has 0 bridgehead atoms. The largest absolute Gasteiger partial charge is 0.398 e. The fraction of sp³-hybridized carbons (Fsp3) is 0.538. The minimum Gasteiger partial charge on any atom is -0.398 e. The van der Waals surface area contributed by atoms with Gasteiger partial charge in [-0.3, -0.25) is 0 Å². The number of benzene rings is 1. The Morgan fingerprint density at radius 2 is 2.15 bits per heavy atom. The lowest BCUT2D eigenvalue weighted by Crippen LogP contribution is -2.29. The van der Waals surface area contributed by atoms with E-state index in [0.717, 1.165) is 18.4 Å². The molecule has 1 saturated carbocycles. The van der Waals surface area contributed by atoms with Gasteiger partial charge in [0.1, 0.15) is 4.90 Å². The van der Waals surface area contributed by atoms with Crippen molar-refractivity contribution < 1.29 is 13.5 Å². The summed E-state index contributed by atoms with van der Waals surface area (Å²) in [6.45, 7) is 2.08. The summed E-state index contributed by atoms with van der Waals surface area (Å²) in [4.78, 5) is 0.000752. The summed E-state index contributed by atoms with van der Waals surface area (Å²) in [6.07, 6.45) is 1.87. The molecule has 1 aliphatic carbocycles. The van der Waals surface area contributed by atoms with Crippen LogP contribution in [0.5, 0.6) is 0 Å². The first-order chi connectivity index (χ1) is 9.29. The third-order valence-electron chi connectivity index (χ3n) is 3.69. The highest BCUT2D eigenvalue weighted by atomic mass is 35.5. The first-order valence-electron chi connectivity index (χ1n) is 6.53. The molecule has 0 spiro atoms. The van der Waals surface area contributed by atoms with Gasteiger partial charge in [0.2, 0.25) is 10.0 Å². The number of anilines is 1. The van der Waals surface area contributed by atoms with E-state index in [1.165, 1.54) is 6.07 Å². The second-order valence-electron chi connectivity index (χ2n) is 5.32. The van der Waals surface area contributed by atoms with E-state index >= 15 is 0 Å². The Morgan fingerprint density at radius 1 is 1.45 bits per heavy atom. The van der Waals surface area contributed by atoms with E-state index in [0.29, 0.717) is 18.7 Å². The van der Waals surface area contributed by atoms with E-state index in [4.69, 9.17) is 17.3 Å². The molecule has 112 valence electrons. The number of halogens is 1. The van der Waals surface area contributed by atoms with E-state index in [-0.39, 0.29) is 21.9 Å². The van der Waals surface area contributed by atoms with Crippen molar-refractivity contribution in [1.82, 2.24) is 4.72 Å². The average molecular weight is 319 g/mol. The molecule has 1 aromatic carbocycles. The number of sulfonamides is 1. The first-order valence-corrected chi connectivity index (χ1v) is 8.39. The van der Waals surface area contributed by atoms with Crippen molar-refractivity contribution in [2.24, 2.45) is 5.92 Å². The zero-order chi connectivity index (χ0) is 14.9. The molecule has 20 heavy (non-hydrogen) atoms. The van der Waals surface area contributed by atoms with Crippen LogP contribution in [-0.4, -0.2) is 26.2 Å². The van der Waals surface area contributed by atoms with Gasteiger partial charge in [-0.25, -0.2) is 13.1 Å². The first kappa shape index (κ1) is 15.6. The smallest absolute Gasteiger partial charge is 0.242 e. The molecule has 0 aromatic heterocycles. The van der Waals surface area contributed by atoms with E-state index in [1.54, 1.807) is 13.0 Å². The van der Waals surface area contributed by atoms with Crippen molar-refractivity contribution in [2.45, 2.75) is 37.2 Å². The van der Waals surface area contributed by atoms with Crippen LogP contribution in [0.1, 0.15) is 24.8 Å². The summed E-state index contributed by atoms with van der Waals surface area (Å²) < 4.78 is 27.0. The Kier molecular flexibility index (Phi) is 4.59. The standard InChI is InChI=1S/C13H19ClN2O3S/c1-8-4-11(14)13(6-12(8)15)20(18,19)16-7-9-2-3-10(17)5-9/h4,6,9-10,16-17H,2-3,5,7,15H2,1H3. The number of aryl methyl sites for hydroxylation is 1. The van der Waals surface area contributed by atoms with E-state index < -0.39 is 10.0 Å². The van der Waals surface area contributed by atoms with Gasteiger partial charge in [-0.2, -0.15) is 0 Å². The molecule has 5 nitrogen and oxygen atoms in total. The minimum atomic E-state index is -3.68. The predicted octanol–water partition coefficient (Wildman–Crippen LogP) is 1.67. The second-order valence-corrected chi connectivity index (χ2v) is 7.47. The molecule has 2 rings (SSSR count). The van der Waals surface area contributed by atoms with Crippen molar-refractivity contribution in [3.05, 3.63) is 22.7 Å². The zero-order valence-corrected chi connectivity index (χ0v) is 12.8. The highest BCUT2D eigenvalue weighted by molar-refractivity contribution is 7.89. The summed E-state index contributed by atoms with van der Waals surface area (Å²) in [6, 6.07) is 2.92. The molecule has 1 aromatic rings. The third-order valence-corrected chi connectivity index (χ3v) is 5.57. The molecule has 1 fully saturated rings. The normalized spacial score (nSPS) is 23.1. The molecule has 0 heterocycles. The van der Waals surface area contributed by atoms with Gasteiger partial charge in [0.15, 0.2) is 0 Å². The topological polar surface area (TPSA) is 92.4 Å². The molecule has 2 atom stereocenters. The van der Waals surface area contributed by atoms with Crippen LogP contribution in [0.15, 0.2) is 17.0 Å². The quantitative estimate of drug-likeness (QED) is 0.736. The van der Waals surface area contributed by atoms with E-state index in [1.807, 2.05) is 0 Å². The van der Waals surface area contributed by atoms with Crippen LogP contribution in [0.3, 0.4) is 0 Å². The summed E-state index contributed by atoms with van der Waals surface area (Å²) in [5.74, 6) is 0.168. The molecular weight excluding hydrogens is 300 g/mol. The lowest BCUT2D eigenvalue weighted by atomic mass is 10.1. The maximum absolute atomic E-state index is 12.2. The van der Waals surface area contributed by atoms with Crippen LogP contribution >= 0.6 is 11.6 Å². The van der Waals surface area contributed by atoms with Gasteiger partial charge >= 0.3 is 0 Å². The Morgan fingerprint density at radius 3 is 2.75 bits per heavy atom. The van der Waals surface area contributed by atoms with Crippen LogP contribution in [0.4, 0.5) is 5.69 Å². The third kappa shape index (κ3) is 3.44. The molecule has 4 N–H and O–H groups in total. The monoisotopic (exact) mass is 318 g/mol. The number of hydrogen-bond acceptors (Lipinski definition) is 4.